The SMILES string of the molecule is CCC(C)Oc1cc(CN2CC(C)(CO)C2)ccc1OC. The average molecular weight is 293 g/mol. The van der Waals surface area contributed by atoms with Crippen molar-refractivity contribution in [1.82, 2.24) is 4.90 Å². The lowest BCUT2D eigenvalue weighted by atomic mass is 9.83. The summed E-state index contributed by atoms with van der Waals surface area (Å²) in [6, 6.07) is 6.12. The number of aliphatic hydroxyl groups is 1. The first-order valence-corrected chi connectivity index (χ1v) is 7.66. The van der Waals surface area contributed by atoms with Crippen molar-refractivity contribution in [2.24, 2.45) is 5.41 Å². The maximum atomic E-state index is 9.30. The van der Waals surface area contributed by atoms with Gasteiger partial charge in [-0.05, 0) is 31.0 Å². The largest absolute Gasteiger partial charge is 0.493 e. The van der Waals surface area contributed by atoms with Gasteiger partial charge in [-0.1, -0.05) is 19.9 Å². The lowest BCUT2D eigenvalue weighted by molar-refractivity contribution is -0.0319. The molecule has 118 valence electrons. The molecule has 1 fully saturated rings. The lowest BCUT2D eigenvalue weighted by Crippen LogP contribution is -2.55. The van der Waals surface area contributed by atoms with E-state index in [0.29, 0.717) is 0 Å². The van der Waals surface area contributed by atoms with Crippen LogP contribution in [-0.4, -0.2) is 42.9 Å². The topological polar surface area (TPSA) is 41.9 Å². The monoisotopic (exact) mass is 293 g/mol. The normalized spacial score (nSPS) is 18.9. The van der Waals surface area contributed by atoms with E-state index >= 15 is 0 Å². The molecule has 0 bridgehead atoms. The van der Waals surface area contributed by atoms with Gasteiger partial charge in [0.15, 0.2) is 11.5 Å². The van der Waals surface area contributed by atoms with Gasteiger partial charge in [-0.3, -0.25) is 4.90 Å². The predicted molar refractivity (Wildman–Crippen MR) is 83.8 cm³/mol. The van der Waals surface area contributed by atoms with Crippen LogP contribution in [0.4, 0.5) is 0 Å². The fourth-order valence-corrected chi connectivity index (χ4v) is 2.72. The molecule has 2 rings (SSSR count). The third-order valence-electron chi connectivity index (χ3n) is 4.13. The molecule has 0 amide bonds. The van der Waals surface area contributed by atoms with Crippen LogP contribution in [0, 0.1) is 5.41 Å². The average Bonchev–Trinajstić information content (AvgIpc) is 2.45. The molecule has 0 spiro atoms. The zero-order valence-electron chi connectivity index (χ0n) is 13.6. The molecular formula is C17H27NO3. The fraction of sp³-hybridized carbons (Fsp3) is 0.647. The highest BCUT2D eigenvalue weighted by molar-refractivity contribution is 5.43. The Bertz CT molecular complexity index is 469. The van der Waals surface area contributed by atoms with E-state index in [1.807, 2.05) is 6.07 Å². The van der Waals surface area contributed by atoms with Gasteiger partial charge in [0, 0.05) is 25.0 Å². The smallest absolute Gasteiger partial charge is 0.161 e. The fourth-order valence-electron chi connectivity index (χ4n) is 2.72. The zero-order valence-corrected chi connectivity index (χ0v) is 13.6. The second-order valence-corrected chi connectivity index (χ2v) is 6.44. The van der Waals surface area contributed by atoms with E-state index in [2.05, 4.69) is 37.8 Å². The summed E-state index contributed by atoms with van der Waals surface area (Å²) in [5.74, 6) is 1.60. The second-order valence-electron chi connectivity index (χ2n) is 6.44. The Kier molecular flexibility index (Phi) is 5.12. The number of hydrogen-bond acceptors (Lipinski definition) is 4. The molecule has 4 nitrogen and oxygen atoms in total. The van der Waals surface area contributed by atoms with Crippen molar-refractivity contribution in [3.05, 3.63) is 23.8 Å². The summed E-state index contributed by atoms with van der Waals surface area (Å²) in [4.78, 5) is 2.34. The van der Waals surface area contributed by atoms with Gasteiger partial charge >= 0.3 is 0 Å². The molecule has 1 saturated heterocycles. The quantitative estimate of drug-likeness (QED) is 0.839. The Morgan fingerprint density at radius 1 is 1.33 bits per heavy atom. The van der Waals surface area contributed by atoms with E-state index in [4.69, 9.17) is 9.47 Å². The Labute approximate surface area is 127 Å². The highest BCUT2D eigenvalue weighted by Crippen LogP contribution is 2.33. The van der Waals surface area contributed by atoms with E-state index in [1.165, 1.54) is 5.56 Å². The minimum Gasteiger partial charge on any atom is -0.493 e. The highest BCUT2D eigenvalue weighted by Gasteiger charge is 2.37. The van der Waals surface area contributed by atoms with Crippen molar-refractivity contribution in [3.8, 4) is 11.5 Å². The number of aliphatic hydroxyl groups excluding tert-OH is 1. The number of nitrogens with zero attached hydrogens (tertiary/aromatic N) is 1. The van der Waals surface area contributed by atoms with Gasteiger partial charge in [0.1, 0.15) is 0 Å². The highest BCUT2D eigenvalue weighted by atomic mass is 16.5. The molecule has 1 N–H and O–H groups in total. The van der Waals surface area contributed by atoms with E-state index in [0.717, 1.165) is 37.6 Å². The van der Waals surface area contributed by atoms with Crippen molar-refractivity contribution in [3.63, 3.8) is 0 Å². The molecule has 21 heavy (non-hydrogen) atoms. The summed E-state index contributed by atoms with van der Waals surface area (Å²) in [5.41, 5.74) is 1.29. The molecule has 1 unspecified atom stereocenters. The van der Waals surface area contributed by atoms with Crippen LogP contribution in [0.5, 0.6) is 11.5 Å². The molecule has 0 radical (unpaired) electrons. The second kappa shape index (κ2) is 6.67. The molecule has 1 aliphatic heterocycles. The summed E-state index contributed by atoms with van der Waals surface area (Å²) in [6.07, 6.45) is 1.14. The van der Waals surface area contributed by atoms with Crippen LogP contribution in [0.15, 0.2) is 18.2 Å². The summed E-state index contributed by atoms with van der Waals surface area (Å²) in [6.45, 7) is 9.32. The van der Waals surface area contributed by atoms with E-state index in [-0.39, 0.29) is 18.1 Å². The van der Waals surface area contributed by atoms with Gasteiger partial charge in [0.05, 0.1) is 19.8 Å². The standard InChI is InChI=1S/C17H27NO3/c1-5-13(2)21-16-8-14(6-7-15(16)20-4)9-18-10-17(3,11-18)12-19/h6-8,13,19H,5,9-12H2,1-4H3. The van der Waals surface area contributed by atoms with Gasteiger partial charge in [-0.2, -0.15) is 0 Å². The molecular weight excluding hydrogens is 266 g/mol. The number of benzene rings is 1. The van der Waals surface area contributed by atoms with Gasteiger partial charge in [0.25, 0.3) is 0 Å². The molecule has 4 heteroatoms. The summed E-state index contributed by atoms with van der Waals surface area (Å²) in [5, 5.41) is 9.30. The number of rotatable bonds is 7. The summed E-state index contributed by atoms with van der Waals surface area (Å²) < 4.78 is 11.3. The molecule has 1 aliphatic rings. The van der Waals surface area contributed by atoms with Gasteiger partial charge < -0.3 is 14.6 Å². The predicted octanol–water partition coefficient (Wildman–Crippen LogP) is 2.69. The molecule has 1 atom stereocenters. The third-order valence-corrected chi connectivity index (χ3v) is 4.13. The van der Waals surface area contributed by atoms with Gasteiger partial charge in [-0.15, -0.1) is 0 Å². The maximum Gasteiger partial charge on any atom is 0.161 e. The minimum absolute atomic E-state index is 0.0719. The van der Waals surface area contributed by atoms with Gasteiger partial charge in [0.2, 0.25) is 0 Å². The minimum atomic E-state index is 0.0719. The number of methoxy groups -OCH3 is 1. The van der Waals surface area contributed by atoms with Crippen LogP contribution in [0.1, 0.15) is 32.8 Å². The van der Waals surface area contributed by atoms with E-state index < -0.39 is 0 Å². The Balaban J connectivity index is 2.02. The third kappa shape index (κ3) is 3.89. The van der Waals surface area contributed by atoms with Crippen LogP contribution >= 0.6 is 0 Å². The first-order chi connectivity index (χ1) is 9.99. The molecule has 1 aromatic carbocycles. The summed E-state index contributed by atoms with van der Waals surface area (Å²) >= 11 is 0. The van der Waals surface area contributed by atoms with Crippen LogP contribution < -0.4 is 9.47 Å². The number of hydrogen-bond donors (Lipinski definition) is 1. The number of ether oxygens (including phenoxy) is 2. The molecule has 1 heterocycles. The van der Waals surface area contributed by atoms with Crippen LogP contribution in [0.3, 0.4) is 0 Å². The van der Waals surface area contributed by atoms with Crippen LogP contribution in [0.2, 0.25) is 0 Å². The van der Waals surface area contributed by atoms with Crippen molar-refractivity contribution < 1.29 is 14.6 Å². The molecule has 0 aliphatic carbocycles. The first-order valence-electron chi connectivity index (χ1n) is 7.66. The van der Waals surface area contributed by atoms with Crippen LogP contribution in [0.25, 0.3) is 0 Å². The Morgan fingerprint density at radius 3 is 2.62 bits per heavy atom. The summed E-state index contributed by atoms with van der Waals surface area (Å²) in [7, 11) is 1.67. The molecule has 0 saturated carbocycles. The maximum absolute atomic E-state index is 9.30. The first kappa shape index (κ1) is 16.1. The van der Waals surface area contributed by atoms with Crippen molar-refractivity contribution in [2.75, 3.05) is 26.8 Å². The lowest BCUT2D eigenvalue weighted by Gasteiger charge is -2.47. The van der Waals surface area contributed by atoms with Crippen LogP contribution in [-0.2, 0) is 6.54 Å². The Hall–Kier alpha value is -1.26. The number of likely N-dealkylation sites (tertiary alicyclic amines) is 1. The van der Waals surface area contributed by atoms with E-state index in [9.17, 15) is 5.11 Å². The Morgan fingerprint density at radius 2 is 2.05 bits per heavy atom. The van der Waals surface area contributed by atoms with Gasteiger partial charge in [-0.25, -0.2) is 0 Å². The van der Waals surface area contributed by atoms with E-state index in [1.54, 1.807) is 7.11 Å². The molecule has 1 aromatic rings. The van der Waals surface area contributed by atoms with Crippen molar-refractivity contribution >= 4 is 0 Å². The zero-order chi connectivity index (χ0) is 15.5. The molecule has 0 aromatic heterocycles. The van der Waals surface area contributed by atoms with Crippen molar-refractivity contribution in [2.45, 2.75) is 39.8 Å². The van der Waals surface area contributed by atoms with Crippen molar-refractivity contribution in [1.29, 1.82) is 0 Å².